The number of nitrogens with one attached hydrogen (secondary N) is 1. The van der Waals surface area contributed by atoms with E-state index < -0.39 is 35.4 Å². The molecule has 0 spiro atoms. The lowest BCUT2D eigenvalue weighted by molar-refractivity contribution is 0.0553. The van der Waals surface area contributed by atoms with Crippen molar-refractivity contribution in [3.63, 3.8) is 0 Å². The predicted molar refractivity (Wildman–Crippen MR) is 133 cm³/mol. The van der Waals surface area contributed by atoms with Crippen molar-refractivity contribution >= 4 is 29.3 Å². The minimum atomic E-state index is -2.89. The van der Waals surface area contributed by atoms with Crippen molar-refractivity contribution in [3.05, 3.63) is 69.8 Å². The van der Waals surface area contributed by atoms with Crippen LogP contribution in [0.5, 0.6) is 0 Å². The number of alkyl halides is 2. The molecule has 0 saturated heterocycles. The molecule has 1 amide bonds. The number of nitriles is 1. The quantitative estimate of drug-likeness (QED) is 0.447. The number of hydrogen-bond donors (Lipinski definition) is 1. The standard InChI is InChI=1S/C25H23ClF3N7O3/c1-24(2,3)39-23(38)32-20-21-31-19(26)17(11-30)35(21)12-25(4,33-20)14-9-13(5-6-15(14)27)10-18(37)16-7-8-36(34-16)22(28)29/h5-9,22H,10,12H2,1-4H3,(H,32,33,38). The van der Waals surface area contributed by atoms with Gasteiger partial charge in [0.05, 0.1) is 6.54 Å². The Labute approximate surface area is 226 Å². The summed E-state index contributed by atoms with van der Waals surface area (Å²) in [6, 6.07) is 7.08. The molecule has 10 nitrogen and oxygen atoms in total. The SMILES string of the molecule is CC(C)(C)OC(=O)NC1=NC(C)(c2cc(CC(=O)c3ccn(C(F)F)n3)ccc2F)Cn2c1nc(Cl)c2C#N. The van der Waals surface area contributed by atoms with Gasteiger partial charge in [0.1, 0.15) is 28.7 Å². The summed E-state index contributed by atoms with van der Waals surface area (Å²) in [6.07, 6.45) is -0.106. The number of hydrogen-bond acceptors (Lipinski definition) is 7. The molecule has 0 aliphatic carbocycles. The minimum Gasteiger partial charge on any atom is -0.444 e. The molecule has 0 fully saturated rings. The largest absolute Gasteiger partial charge is 0.444 e. The van der Waals surface area contributed by atoms with Crippen LogP contribution in [0.3, 0.4) is 0 Å². The summed E-state index contributed by atoms with van der Waals surface area (Å²) in [5.41, 5.74) is -1.98. The molecule has 39 heavy (non-hydrogen) atoms. The molecule has 204 valence electrons. The van der Waals surface area contributed by atoms with Crippen molar-refractivity contribution in [2.24, 2.45) is 4.99 Å². The number of benzene rings is 1. The molecule has 1 aromatic carbocycles. The first kappa shape index (κ1) is 27.8. The highest BCUT2D eigenvalue weighted by atomic mass is 35.5. The van der Waals surface area contributed by atoms with E-state index in [9.17, 15) is 23.6 Å². The second-order valence-corrected chi connectivity index (χ2v) is 10.4. The van der Waals surface area contributed by atoms with Crippen molar-refractivity contribution in [1.29, 1.82) is 5.26 Å². The monoisotopic (exact) mass is 561 g/mol. The summed E-state index contributed by atoms with van der Waals surface area (Å²) in [4.78, 5) is 33.9. The highest BCUT2D eigenvalue weighted by Gasteiger charge is 2.39. The number of ketones is 1. The number of carbonyl (C=O) groups is 2. The molecule has 0 bridgehead atoms. The van der Waals surface area contributed by atoms with Crippen molar-refractivity contribution in [3.8, 4) is 6.07 Å². The molecule has 1 atom stereocenters. The van der Waals surface area contributed by atoms with Crippen LogP contribution >= 0.6 is 11.6 Å². The molecule has 2 aromatic heterocycles. The van der Waals surface area contributed by atoms with E-state index in [4.69, 9.17) is 16.3 Å². The van der Waals surface area contributed by atoms with E-state index in [2.05, 4.69) is 20.4 Å². The van der Waals surface area contributed by atoms with Gasteiger partial charge in [-0.3, -0.25) is 15.1 Å². The number of ether oxygens (including phenoxy) is 1. The van der Waals surface area contributed by atoms with Crippen molar-refractivity contribution in [1.82, 2.24) is 24.6 Å². The maximum atomic E-state index is 15.2. The second kappa shape index (κ2) is 10.2. The zero-order valence-corrected chi connectivity index (χ0v) is 22.1. The molecule has 3 heterocycles. The Kier molecular flexibility index (Phi) is 7.27. The number of halogens is 4. The maximum Gasteiger partial charge on any atom is 0.413 e. The highest BCUT2D eigenvalue weighted by Crippen LogP contribution is 2.36. The molecule has 14 heteroatoms. The summed E-state index contributed by atoms with van der Waals surface area (Å²) in [5.74, 6) is -1.22. The topological polar surface area (TPSA) is 127 Å². The molecule has 1 N–H and O–H groups in total. The summed E-state index contributed by atoms with van der Waals surface area (Å²) < 4.78 is 48.0. The van der Waals surface area contributed by atoms with Gasteiger partial charge in [-0.1, -0.05) is 17.7 Å². The van der Waals surface area contributed by atoms with Gasteiger partial charge in [-0.05, 0) is 51.5 Å². The van der Waals surface area contributed by atoms with Crippen molar-refractivity contribution in [2.75, 3.05) is 0 Å². The number of imidazole rings is 1. The molecule has 0 saturated carbocycles. The molecule has 1 aliphatic rings. The first-order valence-electron chi connectivity index (χ1n) is 11.6. The van der Waals surface area contributed by atoms with Crippen LogP contribution in [0.1, 0.15) is 67.4 Å². The number of nitrogens with zero attached hydrogens (tertiary/aromatic N) is 6. The Balaban J connectivity index is 1.72. The maximum absolute atomic E-state index is 15.2. The van der Waals surface area contributed by atoms with Crippen molar-refractivity contribution in [2.45, 2.75) is 58.3 Å². The van der Waals surface area contributed by atoms with Gasteiger partial charge in [-0.25, -0.2) is 18.9 Å². The summed E-state index contributed by atoms with van der Waals surface area (Å²) >= 11 is 6.16. The predicted octanol–water partition coefficient (Wildman–Crippen LogP) is 4.76. The number of alkyl carbamates (subject to hydrolysis) is 1. The average molecular weight is 562 g/mol. The summed E-state index contributed by atoms with van der Waals surface area (Å²) in [6.45, 7) is 3.63. The number of aliphatic imine (C=N–C) groups is 1. The van der Waals surface area contributed by atoms with Crippen LogP contribution in [0, 0.1) is 17.1 Å². The zero-order valence-electron chi connectivity index (χ0n) is 21.3. The highest BCUT2D eigenvalue weighted by molar-refractivity contribution is 6.30. The number of amidine groups is 1. The third-order valence-electron chi connectivity index (χ3n) is 5.76. The van der Waals surface area contributed by atoms with Gasteiger partial charge in [0.2, 0.25) is 0 Å². The lowest BCUT2D eigenvalue weighted by atomic mass is 9.88. The fourth-order valence-electron chi connectivity index (χ4n) is 4.10. The number of aromatic nitrogens is 4. The van der Waals surface area contributed by atoms with E-state index in [0.29, 0.717) is 10.2 Å². The van der Waals surface area contributed by atoms with Gasteiger partial charge in [0.15, 0.2) is 28.3 Å². The van der Waals surface area contributed by atoms with E-state index >= 15 is 4.39 Å². The molecule has 3 aromatic rings. The van der Waals surface area contributed by atoms with Gasteiger partial charge in [0.25, 0.3) is 0 Å². The lowest BCUT2D eigenvalue weighted by Gasteiger charge is -2.33. The first-order chi connectivity index (χ1) is 18.2. The van der Waals surface area contributed by atoms with E-state index in [1.165, 1.54) is 22.8 Å². The van der Waals surface area contributed by atoms with E-state index in [-0.39, 0.29) is 46.7 Å². The Morgan fingerprint density at radius 3 is 2.64 bits per heavy atom. The summed E-state index contributed by atoms with van der Waals surface area (Å²) in [7, 11) is 0. The number of fused-ring (bicyclic) bond motifs is 1. The number of amides is 1. The number of rotatable bonds is 5. The number of carbonyl (C=O) groups excluding carboxylic acids is 2. The van der Waals surface area contributed by atoms with E-state index in [1.807, 2.05) is 6.07 Å². The van der Waals surface area contributed by atoms with Gasteiger partial charge in [0, 0.05) is 18.2 Å². The van der Waals surface area contributed by atoms with Crippen LogP contribution in [-0.4, -0.2) is 42.6 Å². The Bertz CT molecular complexity index is 1530. The third kappa shape index (κ3) is 5.80. The van der Waals surface area contributed by atoms with Gasteiger partial charge in [-0.15, -0.1) is 0 Å². The van der Waals surface area contributed by atoms with Crippen LogP contribution in [0.4, 0.5) is 18.0 Å². The second-order valence-electron chi connectivity index (χ2n) is 10.0. The van der Waals surface area contributed by atoms with Crippen LogP contribution < -0.4 is 5.32 Å². The Morgan fingerprint density at radius 2 is 2.03 bits per heavy atom. The minimum absolute atomic E-state index is 0.0161. The Hall–Kier alpha value is -4.18. The van der Waals surface area contributed by atoms with E-state index in [1.54, 1.807) is 27.7 Å². The van der Waals surface area contributed by atoms with Crippen LogP contribution in [0.15, 0.2) is 35.5 Å². The van der Waals surface area contributed by atoms with Gasteiger partial charge in [-0.2, -0.15) is 19.1 Å². The van der Waals surface area contributed by atoms with Crippen LogP contribution in [0.2, 0.25) is 5.15 Å². The normalized spacial score (nSPS) is 16.9. The zero-order chi connectivity index (χ0) is 28.7. The Morgan fingerprint density at radius 1 is 1.31 bits per heavy atom. The number of Topliss-reactive ketones (excluding diaryl/α,β-unsaturated/α-hetero) is 1. The lowest BCUT2D eigenvalue weighted by Crippen LogP contribution is -2.44. The van der Waals surface area contributed by atoms with Gasteiger partial charge < -0.3 is 9.30 Å². The van der Waals surface area contributed by atoms with Crippen LogP contribution in [-0.2, 0) is 23.2 Å². The smallest absolute Gasteiger partial charge is 0.413 e. The molecular weight excluding hydrogens is 539 g/mol. The molecule has 1 unspecified atom stereocenters. The average Bonchev–Trinajstić information content (AvgIpc) is 3.44. The molecular formula is C25H23ClF3N7O3. The van der Waals surface area contributed by atoms with Crippen LogP contribution in [0.25, 0.3) is 0 Å². The molecule has 4 rings (SSSR count). The van der Waals surface area contributed by atoms with Crippen molar-refractivity contribution < 1.29 is 27.5 Å². The fourth-order valence-corrected chi connectivity index (χ4v) is 4.33. The molecule has 0 radical (unpaired) electrons. The first-order valence-corrected chi connectivity index (χ1v) is 12.0. The summed E-state index contributed by atoms with van der Waals surface area (Å²) in [5, 5.41) is 15.6. The van der Waals surface area contributed by atoms with E-state index in [0.717, 1.165) is 12.3 Å². The third-order valence-corrected chi connectivity index (χ3v) is 6.02. The fraction of sp³-hybridized carbons (Fsp3) is 0.360. The molecule has 1 aliphatic heterocycles. The van der Waals surface area contributed by atoms with Gasteiger partial charge >= 0.3 is 12.6 Å².